The number of rotatable bonds is 5. The van der Waals surface area contributed by atoms with Crippen LogP contribution in [-0.4, -0.2) is 12.6 Å². The van der Waals surface area contributed by atoms with E-state index in [9.17, 15) is 4.79 Å². The monoisotopic (exact) mass is 216 g/mol. The van der Waals surface area contributed by atoms with Gasteiger partial charge in [0, 0.05) is 5.54 Å². The summed E-state index contributed by atoms with van der Waals surface area (Å²) < 4.78 is 4.96. The van der Waals surface area contributed by atoms with Crippen molar-refractivity contribution in [3.05, 3.63) is 23.8 Å². The summed E-state index contributed by atoms with van der Waals surface area (Å²) in [6.07, 6.45) is 2.15. The number of carbonyl (C=O) groups is 1. The second-order valence-electron chi connectivity index (χ2n) is 3.47. The van der Waals surface area contributed by atoms with Gasteiger partial charge < -0.3 is 4.74 Å². The predicted molar refractivity (Wildman–Crippen MR) is 59.2 cm³/mol. The van der Waals surface area contributed by atoms with Crippen molar-refractivity contribution in [3.63, 3.8) is 0 Å². The molecule has 1 unspecified atom stereocenters. The van der Waals surface area contributed by atoms with E-state index >= 15 is 0 Å². The molecule has 0 heterocycles. The minimum Gasteiger partial charge on any atom is -0.465 e. The minimum absolute atomic E-state index is 0.257. The first-order chi connectivity index (χ1) is 6.50. The highest BCUT2D eigenvalue weighted by Crippen LogP contribution is 2.28. The van der Waals surface area contributed by atoms with Gasteiger partial charge in [0.15, 0.2) is 0 Å². The van der Waals surface area contributed by atoms with Crippen molar-refractivity contribution in [1.29, 1.82) is 0 Å². The van der Waals surface area contributed by atoms with Gasteiger partial charge in [-0.1, -0.05) is 23.3 Å². The van der Waals surface area contributed by atoms with Crippen LogP contribution in [0.4, 0.5) is 0 Å². The number of hydrogen-bond donors (Lipinski definition) is 0. The summed E-state index contributed by atoms with van der Waals surface area (Å²) in [4.78, 5) is 11.6. The van der Waals surface area contributed by atoms with E-state index in [1.807, 2.05) is 6.92 Å². The molecule has 0 amide bonds. The summed E-state index contributed by atoms with van der Waals surface area (Å²) in [5.41, 5.74) is 1.73. The van der Waals surface area contributed by atoms with Crippen LogP contribution in [0.5, 0.6) is 0 Å². The largest absolute Gasteiger partial charge is 0.465 e. The average molecular weight is 217 g/mol. The Morgan fingerprint density at radius 1 is 1.64 bits per heavy atom. The lowest BCUT2D eigenvalue weighted by molar-refractivity contribution is -0.151. The molecule has 1 atom stereocenters. The molecule has 0 fully saturated rings. The van der Waals surface area contributed by atoms with Crippen LogP contribution in [0, 0.1) is 5.41 Å². The normalized spacial score (nSPS) is 15.9. The summed E-state index contributed by atoms with van der Waals surface area (Å²) in [7, 11) is 0. The fourth-order valence-corrected chi connectivity index (χ4v) is 1.22. The molecule has 0 saturated carbocycles. The third-order valence-electron chi connectivity index (χ3n) is 2.02. The lowest BCUT2D eigenvalue weighted by Crippen LogP contribution is -2.28. The van der Waals surface area contributed by atoms with E-state index in [4.69, 9.17) is 16.3 Å². The molecule has 0 aliphatic carbocycles. The molecule has 0 N–H and O–H groups in total. The highest BCUT2D eigenvalue weighted by molar-refractivity contribution is 6.25. The molecule has 0 saturated heterocycles. The van der Waals surface area contributed by atoms with Crippen LogP contribution in [0.3, 0.4) is 0 Å². The van der Waals surface area contributed by atoms with Crippen LogP contribution in [0.2, 0.25) is 0 Å². The molecular formula is C11H17ClO2. The zero-order chi connectivity index (χ0) is 11.2. The Morgan fingerprint density at radius 2 is 2.21 bits per heavy atom. The standard InChI is InChI=1S/C11H17ClO2/c1-5-11(4,7-9(3)8-12)10(13)14-6-2/h5,8H,1,6-7H2,2-4H3/b9-8+. The smallest absolute Gasteiger partial charge is 0.315 e. The summed E-state index contributed by atoms with van der Waals surface area (Å²) >= 11 is 5.55. The Labute approximate surface area is 90.6 Å². The Morgan fingerprint density at radius 3 is 2.57 bits per heavy atom. The van der Waals surface area contributed by atoms with Gasteiger partial charge in [-0.2, -0.15) is 0 Å². The second-order valence-corrected chi connectivity index (χ2v) is 3.69. The Balaban J connectivity index is 4.62. The number of carbonyl (C=O) groups excluding carboxylic acids is 1. The molecule has 0 aromatic rings. The predicted octanol–water partition coefficient (Wildman–Crippen LogP) is 3.27. The van der Waals surface area contributed by atoms with E-state index in [1.54, 1.807) is 19.9 Å². The van der Waals surface area contributed by atoms with Crippen molar-refractivity contribution in [2.45, 2.75) is 27.2 Å². The molecule has 0 aromatic carbocycles. The molecule has 14 heavy (non-hydrogen) atoms. The third-order valence-corrected chi connectivity index (χ3v) is 2.40. The van der Waals surface area contributed by atoms with E-state index in [0.717, 1.165) is 5.57 Å². The fourth-order valence-electron chi connectivity index (χ4n) is 1.14. The highest BCUT2D eigenvalue weighted by Gasteiger charge is 2.31. The number of allylic oxidation sites excluding steroid dienone is 1. The van der Waals surface area contributed by atoms with Gasteiger partial charge in [-0.25, -0.2) is 0 Å². The Hall–Kier alpha value is -0.760. The van der Waals surface area contributed by atoms with Crippen molar-refractivity contribution >= 4 is 17.6 Å². The lowest BCUT2D eigenvalue weighted by Gasteiger charge is -2.23. The number of ether oxygens (including phenoxy) is 1. The molecule has 0 rings (SSSR count). The Kier molecular flexibility index (Phi) is 5.55. The minimum atomic E-state index is -0.675. The van der Waals surface area contributed by atoms with E-state index < -0.39 is 5.41 Å². The van der Waals surface area contributed by atoms with Crippen LogP contribution >= 0.6 is 11.6 Å². The van der Waals surface area contributed by atoms with Crippen molar-refractivity contribution in [2.24, 2.45) is 5.41 Å². The summed E-state index contributed by atoms with van der Waals surface area (Å²) in [6.45, 7) is 9.48. The zero-order valence-corrected chi connectivity index (χ0v) is 9.73. The average Bonchev–Trinajstić information content (AvgIpc) is 2.17. The van der Waals surface area contributed by atoms with Gasteiger partial charge in [-0.3, -0.25) is 4.79 Å². The van der Waals surface area contributed by atoms with Crippen LogP contribution in [0.1, 0.15) is 27.2 Å². The first-order valence-corrected chi connectivity index (χ1v) is 5.00. The third kappa shape index (κ3) is 3.54. The van der Waals surface area contributed by atoms with Crippen LogP contribution in [-0.2, 0) is 9.53 Å². The maximum Gasteiger partial charge on any atom is 0.315 e. The van der Waals surface area contributed by atoms with Crippen molar-refractivity contribution in [3.8, 4) is 0 Å². The molecule has 0 aliphatic heterocycles. The molecular weight excluding hydrogens is 200 g/mol. The number of halogens is 1. The number of esters is 1. The van der Waals surface area contributed by atoms with E-state index in [1.165, 1.54) is 5.54 Å². The van der Waals surface area contributed by atoms with Gasteiger partial charge >= 0.3 is 5.97 Å². The van der Waals surface area contributed by atoms with Gasteiger partial charge in [0.1, 0.15) is 0 Å². The van der Waals surface area contributed by atoms with E-state index in [2.05, 4.69) is 6.58 Å². The summed E-state index contributed by atoms with van der Waals surface area (Å²) in [5, 5.41) is 0. The van der Waals surface area contributed by atoms with Gasteiger partial charge in [0.05, 0.1) is 12.0 Å². The van der Waals surface area contributed by atoms with Crippen LogP contribution in [0.15, 0.2) is 23.8 Å². The van der Waals surface area contributed by atoms with Crippen molar-refractivity contribution in [2.75, 3.05) is 6.61 Å². The van der Waals surface area contributed by atoms with E-state index in [0.29, 0.717) is 13.0 Å². The lowest BCUT2D eigenvalue weighted by atomic mass is 9.84. The van der Waals surface area contributed by atoms with Crippen molar-refractivity contribution in [1.82, 2.24) is 0 Å². The van der Waals surface area contributed by atoms with Crippen LogP contribution in [0.25, 0.3) is 0 Å². The van der Waals surface area contributed by atoms with Crippen LogP contribution < -0.4 is 0 Å². The zero-order valence-electron chi connectivity index (χ0n) is 8.97. The molecule has 0 bridgehead atoms. The molecule has 0 radical (unpaired) electrons. The Bertz CT molecular complexity index is 246. The van der Waals surface area contributed by atoms with Gasteiger partial charge in [-0.05, 0) is 27.2 Å². The van der Waals surface area contributed by atoms with Gasteiger partial charge in [0.2, 0.25) is 0 Å². The quantitative estimate of drug-likeness (QED) is 0.521. The topological polar surface area (TPSA) is 26.3 Å². The maximum atomic E-state index is 11.6. The van der Waals surface area contributed by atoms with Crippen molar-refractivity contribution < 1.29 is 9.53 Å². The van der Waals surface area contributed by atoms with Gasteiger partial charge in [-0.15, -0.1) is 6.58 Å². The first kappa shape index (κ1) is 13.2. The molecule has 0 aliphatic rings. The van der Waals surface area contributed by atoms with Gasteiger partial charge in [0.25, 0.3) is 0 Å². The molecule has 3 heteroatoms. The molecule has 0 spiro atoms. The summed E-state index contributed by atoms with van der Waals surface area (Å²) in [5.74, 6) is -0.257. The number of hydrogen-bond acceptors (Lipinski definition) is 2. The SMILES string of the molecule is C=CC(C)(C/C(C)=C/Cl)C(=O)OCC. The fraction of sp³-hybridized carbons (Fsp3) is 0.545. The molecule has 0 aromatic heterocycles. The first-order valence-electron chi connectivity index (χ1n) is 4.56. The molecule has 2 nitrogen and oxygen atoms in total. The second kappa shape index (κ2) is 5.86. The molecule has 80 valence electrons. The highest BCUT2D eigenvalue weighted by atomic mass is 35.5. The summed E-state index contributed by atoms with van der Waals surface area (Å²) in [6, 6.07) is 0. The maximum absolute atomic E-state index is 11.6. The van der Waals surface area contributed by atoms with E-state index in [-0.39, 0.29) is 5.97 Å².